The molecular weight excluding hydrogens is 230 g/mol. The third-order valence-corrected chi connectivity index (χ3v) is 1.87. The van der Waals surface area contributed by atoms with Crippen molar-refractivity contribution in [3.05, 3.63) is 17.5 Å². The summed E-state index contributed by atoms with van der Waals surface area (Å²) in [6.45, 7) is 0.133. The second-order valence-electron chi connectivity index (χ2n) is 3.06. The molecule has 0 atom stereocenters. The van der Waals surface area contributed by atoms with E-state index in [1.807, 2.05) is 0 Å². The third kappa shape index (κ3) is 3.59. The number of aromatic carboxylic acids is 1. The molecule has 0 aliphatic rings. The van der Waals surface area contributed by atoms with Gasteiger partial charge in [0.25, 0.3) is 5.91 Å². The van der Waals surface area contributed by atoms with Crippen LogP contribution < -0.4 is 10.6 Å². The van der Waals surface area contributed by atoms with E-state index < -0.39 is 17.6 Å². The number of carbonyl (C=O) groups excluding carboxylic acids is 2. The number of nitrogens with zero attached hydrogens (tertiary/aromatic N) is 1. The van der Waals surface area contributed by atoms with Crippen molar-refractivity contribution < 1.29 is 24.0 Å². The molecule has 0 aromatic carbocycles. The highest BCUT2D eigenvalue weighted by Gasteiger charge is 2.16. The highest BCUT2D eigenvalue weighted by atomic mass is 16.5. The number of aromatic nitrogens is 1. The van der Waals surface area contributed by atoms with Crippen molar-refractivity contribution in [3.8, 4) is 0 Å². The fraction of sp³-hybridized carbons (Fsp3) is 0.333. The Balaban J connectivity index is 2.47. The van der Waals surface area contributed by atoms with Crippen molar-refractivity contribution in [1.29, 1.82) is 0 Å². The predicted molar refractivity (Wildman–Crippen MR) is 54.5 cm³/mol. The molecule has 1 rings (SSSR count). The molecule has 0 aliphatic heterocycles. The summed E-state index contributed by atoms with van der Waals surface area (Å²) in [5.74, 6) is -2.52. The zero-order chi connectivity index (χ0) is 12.8. The van der Waals surface area contributed by atoms with Crippen LogP contribution in [0.2, 0.25) is 0 Å². The fourth-order valence-electron chi connectivity index (χ4n) is 0.988. The molecule has 1 heterocycles. The summed E-state index contributed by atoms with van der Waals surface area (Å²) < 4.78 is 4.41. The fourth-order valence-corrected chi connectivity index (χ4v) is 0.988. The molecule has 1 aromatic rings. The van der Waals surface area contributed by atoms with Crippen LogP contribution in [-0.2, 0) is 4.79 Å². The number of amides is 2. The van der Waals surface area contributed by atoms with Crippen LogP contribution in [0.4, 0.5) is 0 Å². The van der Waals surface area contributed by atoms with Crippen LogP contribution in [0.25, 0.3) is 0 Å². The van der Waals surface area contributed by atoms with Crippen LogP contribution in [0, 0.1) is 0 Å². The Morgan fingerprint density at radius 2 is 2.18 bits per heavy atom. The van der Waals surface area contributed by atoms with Crippen LogP contribution >= 0.6 is 0 Å². The van der Waals surface area contributed by atoms with Crippen LogP contribution in [0.3, 0.4) is 0 Å². The molecule has 0 bridgehead atoms. The molecule has 8 heteroatoms. The molecule has 0 spiro atoms. The molecule has 3 N–H and O–H groups in total. The number of hydrogen-bond donors (Lipinski definition) is 3. The average Bonchev–Trinajstić information content (AvgIpc) is 2.78. The Labute approximate surface area is 96.0 Å². The number of hydrogen-bond acceptors (Lipinski definition) is 5. The van der Waals surface area contributed by atoms with E-state index in [2.05, 4.69) is 20.3 Å². The minimum Gasteiger partial charge on any atom is -0.475 e. The van der Waals surface area contributed by atoms with E-state index in [9.17, 15) is 14.4 Å². The number of carboxylic acid groups (broad SMARTS) is 1. The molecule has 2 amide bonds. The second kappa shape index (κ2) is 5.64. The van der Waals surface area contributed by atoms with E-state index in [0.29, 0.717) is 0 Å². The van der Waals surface area contributed by atoms with E-state index in [0.717, 1.165) is 6.07 Å². The lowest BCUT2D eigenvalue weighted by Gasteiger charge is -2.01. The highest BCUT2D eigenvalue weighted by molar-refractivity contribution is 5.94. The number of carbonyl (C=O) groups is 3. The van der Waals surface area contributed by atoms with E-state index >= 15 is 0 Å². The average molecular weight is 241 g/mol. The predicted octanol–water partition coefficient (Wildman–Crippen LogP) is -0.761. The summed E-state index contributed by atoms with van der Waals surface area (Å²) in [4.78, 5) is 32.7. The molecule has 0 unspecified atom stereocenters. The lowest BCUT2D eigenvalue weighted by Crippen LogP contribution is -2.29. The maximum absolute atomic E-state index is 11.4. The molecule has 0 saturated heterocycles. The summed E-state index contributed by atoms with van der Waals surface area (Å²) in [6.07, 6.45) is 0.131. The SMILES string of the molecule is CNC(=O)CCNC(=O)c1cc(C(=O)O)on1. The van der Waals surface area contributed by atoms with Crippen LogP contribution in [0.5, 0.6) is 0 Å². The molecule has 0 saturated carbocycles. The van der Waals surface area contributed by atoms with Gasteiger partial charge < -0.3 is 20.3 Å². The van der Waals surface area contributed by atoms with Gasteiger partial charge in [-0.1, -0.05) is 5.16 Å². The van der Waals surface area contributed by atoms with E-state index in [-0.39, 0.29) is 24.6 Å². The van der Waals surface area contributed by atoms with Crippen molar-refractivity contribution in [2.24, 2.45) is 0 Å². The lowest BCUT2D eigenvalue weighted by molar-refractivity contribution is -0.120. The van der Waals surface area contributed by atoms with Gasteiger partial charge in [0.2, 0.25) is 11.7 Å². The molecule has 0 aliphatic carbocycles. The second-order valence-corrected chi connectivity index (χ2v) is 3.06. The minimum atomic E-state index is -1.30. The van der Waals surface area contributed by atoms with Crippen molar-refractivity contribution in [1.82, 2.24) is 15.8 Å². The van der Waals surface area contributed by atoms with Crippen LogP contribution in [-0.4, -0.2) is 41.6 Å². The van der Waals surface area contributed by atoms with Crippen molar-refractivity contribution in [2.45, 2.75) is 6.42 Å². The first kappa shape index (κ1) is 12.7. The Hall–Kier alpha value is -2.38. The maximum atomic E-state index is 11.4. The number of rotatable bonds is 5. The summed E-state index contributed by atoms with van der Waals surface area (Å²) in [7, 11) is 1.49. The zero-order valence-electron chi connectivity index (χ0n) is 9.02. The van der Waals surface area contributed by atoms with Crippen LogP contribution in [0.1, 0.15) is 27.5 Å². The summed E-state index contributed by atoms with van der Waals surface area (Å²) in [6, 6.07) is 1.01. The number of nitrogens with one attached hydrogen (secondary N) is 2. The minimum absolute atomic E-state index is 0.131. The number of carboxylic acids is 1. The first-order valence-corrected chi connectivity index (χ1v) is 4.73. The third-order valence-electron chi connectivity index (χ3n) is 1.87. The molecule has 0 fully saturated rings. The van der Waals surface area contributed by atoms with Gasteiger partial charge in [-0.15, -0.1) is 0 Å². The van der Waals surface area contributed by atoms with Gasteiger partial charge in [0.1, 0.15) is 0 Å². The first-order valence-electron chi connectivity index (χ1n) is 4.73. The smallest absolute Gasteiger partial charge is 0.374 e. The molecular formula is C9H11N3O5. The molecule has 92 valence electrons. The molecule has 8 nitrogen and oxygen atoms in total. The zero-order valence-corrected chi connectivity index (χ0v) is 9.02. The first-order chi connectivity index (χ1) is 8.04. The van der Waals surface area contributed by atoms with Gasteiger partial charge >= 0.3 is 5.97 Å². The van der Waals surface area contributed by atoms with E-state index in [1.54, 1.807) is 0 Å². The lowest BCUT2D eigenvalue weighted by atomic mass is 10.3. The Morgan fingerprint density at radius 3 is 2.71 bits per heavy atom. The summed E-state index contributed by atoms with van der Waals surface area (Å²) in [5.41, 5.74) is -0.140. The summed E-state index contributed by atoms with van der Waals surface area (Å²) >= 11 is 0. The maximum Gasteiger partial charge on any atom is 0.374 e. The molecule has 17 heavy (non-hydrogen) atoms. The normalized spacial score (nSPS) is 9.71. The van der Waals surface area contributed by atoms with Gasteiger partial charge in [0.15, 0.2) is 5.69 Å². The van der Waals surface area contributed by atoms with Gasteiger partial charge in [-0.3, -0.25) is 9.59 Å². The monoisotopic (exact) mass is 241 g/mol. The van der Waals surface area contributed by atoms with Gasteiger partial charge in [-0.25, -0.2) is 4.79 Å². The van der Waals surface area contributed by atoms with Gasteiger partial charge in [-0.05, 0) is 0 Å². The largest absolute Gasteiger partial charge is 0.475 e. The van der Waals surface area contributed by atoms with E-state index in [1.165, 1.54) is 7.05 Å². The van der Waals surface area contributed by atoms with Crippen molar-refractivity contribution in [2.75, 3.05) is 13.6 Å². The van der Waals surface area contributed by atoms with Gasteiger partial charge in [0.05, 0.1) is 0 Å². The van der Waals surface area contributed by atoms with Crippen molar-refractivity contribution in [3.63, 3.8) is 0 Å². The molecule has 0 radical (unpaired) electrons. The Kier molecular flexibility index (Phi) is 4.21. The quantitative estimate of drug-likeness (QED) is 0.622. The van der Waals surface area contributed by atoms with E-state index in [4.69, 9.17) is 5.11 Å². The van der Waals surface area contributed by atoms with Crippen LogP contribution in [0.15, 0.2) is 10.6 Å². The van der Waals surface area contributed by atoms with Crippen molar-refractivity contribution >= 4 is 17.8 Å². The highest BCUT2D eigenvalue weighted by Crippen LogP contribution is 2.03. The molecule has 1 aromatic heterocycles. The Bertz CT molecular complexity index is 440. The standard InChI is InChI=1S/C9H11N3O5/c1-10-7(13)2-3-11-8(14)5-4-6(9(15)16)17-12-5/h4H,2-3H2,1H3,(H,10,13)(H,11,14)(H,15,16). The van der Waals surface area contributed by atoms with Gasteiger partial charge in [-0.2, -0.15) is 0 Å². The summed E-state index contributed by atoms with van der Waals surface area (Å²) in [5, 5.41) is 16.6. The van der Waals surface area contributed by atoms with Gasteiger partial charge in [0, 0.05) is 26.1 Å². The Morgan fingerprint density at radius 1 is 1.47 bits per heavy atom. The topological polar surface area (TPSA) is 122 Å².